The van der Waals surface area contributed by atoms with E-state index < -0.39 is 6.10 Å². The number of hydrogen-bond donors (Lipinski definition) is 3. The molecule has 1 unspecified atom stereocenters. The highest BCUT2D eigenvalue weighted by molar-refractivity contribution is 5.31. The molecule has 3 N–H and O–H groups in total. The number of piperidine rings is 1. The fourth-order valence-electron chi connectivity index (χ4n) is 3.96. The summed E-state index contributed by atoms with van der Waals surface area (Å²) in [6, 6.07) is 18.8. The van der Waals surface area contributed by atoms with Gasteiger partial charge in [0.1, 0.15) is 24.8 Å². The predicted octanol–water partition coefficient (Wildman–Crippen LogP) is 1.89. The molecule has 0 aliphatic carbocycles. The minimum absolute atomic E-state index is 0.188. The normalized spacial score (nSPS) is 22.3. The molecule has 0 saturated carbocycles. The highest BCUT2D eigenvalue weighted by Gasteiger charge is 2.28. The van der Waals surface area contributed by atoms with Gasteiger partial charge < -0.3 is 19.8 Å². The van der Waals surface area contributed by atoms with Gasteiger partial charge in [-0.2, -0.15) is 0 Å². The number of likely N-dealkylation sites (tertiary alicyclic amines) is 1. The zero-order valence-corrected chi connectivity index (χ0v) is 16.2. The lowest BCUT2D eigenvalue weighted by molar-refractivity contribution is -0.934. The Morgan fingerprint density at radius 1 is 1.04 bits per heavy atom. The maximum absolute atomic E-state index is 10.6. The third-order valence-corrected chi connectivity index (χ3v) is 5.53. The van der Waals surface area contributed by atoms with Crippen LogP contribution >= 0.6 is 0 Å². The molecule has 0 spiro atoms. The molecule has 4 heteroatoms. The summed E-state index contributed by atoms with van der Waals surface area (Å²) in [6.07, 6.45) is 2.64. The summed E-state index contributed by atoms with van der Waals surface area (Å²) in [5.41, 5.74) is 3.40. The first-order valence-electron chi connectivity index (χ1n) is 10.0. The van der Waals surface area contributed by atoms with Crippen LogP contribution in [-0.2, 0) is 4.74 Å². The van der Waals surface area contributed by atoms with E-state index in [4.69, 9.17) is 4.74 Å². The van der Waals surface area contributed by atoms with Gasteiger partial charge in [-0.15, -0.1) is 0 Å². The first-order valence-corrected chi connectivity index (χ1v) is 10.0. The number of nitrogens with one attached hydrogen (secondary N) is 1. The van der Waals surface area contributed by atoms with Crippen molar-refractivity contribution >= 4 is 0 Å². The molecule has 1 aliphatic rings. The molecule has 0 radical (unpaired) electrons. The van der Waals surface area contributed by atoms with Crippen molar-refractivity contribution in [3.05, 3.63) is 71.3 Å². The van der Waals surface area contributed by atoms with Crippen LogP contribution in [0.2, 0.25) is 0 Å². The standard InChI is InChI=1S/C23H31NO3/c1-18-10-12-20(13-11-18)23(19-7-3-2-4-8-19)27-17-22(26)15-24-14-6-5-9-21(24)16-25/h2-4,7-8,10-13,21-23,25-26H,5-6,9,14-17H2,1H3/p+1/t21-,22-,23+/m1/s1. The molecule has 1 heterocycles. The van der Waals surface area contributed by atoms with Crippen molar-refractivity contribution < 1.29 is 19.8 Å². The minimum atomic E-state index is -0.538. The highest BCUT2D eigenvalue weighted by Crippen LogP contribution is 2.26. The van der Waals surface area contributed by atoms with E-state index in [-0.39, 0.29) is 25.4 Å². The fraction of sp³-hybridized carbons (Fsp3) is 0.478. The van der Waals surface area contributed by atoms with Crippen LogP contribution in [0.4, 0.5) is 0 Å². The summed E-state index contributed by atoms with van der Waals surface area (Å²) in [6.45, 7) is 4.20. The lowest BCUT2D eigenvalue weighted by Gasteiger charge is -2.33. The van der Waals surface area contributed by atoms with Crippen molar-refractivity contribution in [3.8, 4) is 0 Å². The summed E-state index contributed by atoms with van der Waals surface area (Å²) in [7, 11) is 0. The summed E-state index contributed by atoms with van der Waals surface area (Å²) < 4.78 is 6.20. The van der Waals surface area contributed by atoms with E-state index in [0.29, 0.717) is 6.54 Å². The van der Waals surface area contributed by atoms with Crippen LogP contribution in [0.15, 0.2) is 54.6 Å². The number of aryl methyl sites for hydroxylation is 1. The first kappa shape index (κ1) is 20.0. The van der Waals surface area contributed by atoms with Gasteiger partial charge in [0.2, 0.25) is 0 Å². The molecular formula is C23H32NO3+. The van der Waals surface area contributed by atoms with E-state index in [0.717, 1.165) is 30.5 Å². The van der Waals surface area contributed by atoms with Crippen molar-refractivity contribution in [1.29, 1.82) is 0 Å². The van der Waals surface area contributed by atoms with Crippen molar-refractivity contribution in [1.82, 2.24) is 0 Å². The van der Waals surface area contributed by atoms with Gasteiger partial charge in [0.25, 0.3) is 0 Å². The van der Waals surface area contributed by atoms with Gasteiger partial charge >= 0.3 is 0 Å². The van der Waals surface area contributed by atoms with Crippen molar-refractivity contribution in [3.63, 3.8) is 0 Å². The van der Waals surface area contributed by atoms with Crippen LogP contribution in [-0.4, -0.2) is 48.7 Å². The van der Waals surface area contributed by atoms with Gasteiger partial charge in [0.05, 0.1) is 19.8 Å². The molecule has 1 saturated heterocycles. The van der Waals surface area contributed by atoms with Gasteiger partial charge in [-0.05, 0) is 30.9 Å². The molecule has 0 amide bonds. The first-order chi connectivity index (χ1) is 13.2. The third-order valence-electron chi connectivity index (χ3n) is 5.53. The number of hydrogen-bond acceptors (Lipinski definition) is 3. The number of ether oxygens (including phenoxy) is 1. The molecule has 0 aromatic heterocycles. The van der Waals surface area contributed by atoms with Gasteiger partial charge in [-0.25, -0.2) is 0 Å². The van der Waals surface area contributed by atoms with E-state index in [1.165, 1.54) is 16.9 Å². The molecule has 0 bridgehead atoms. The second-order valence-corrected chi connectivity index (χ2v) is 7.68. The Morgan fingerprint density at radius 2 is 1.74 bits per heavy atom. The van der Waals surface area contributed by atoms with E-state index in [1.54, 1.807) is 0 Å². The van der Waals surface area contributed by atoms with E-state index in [1.807, 2.05) is 18.2 Å². The number of aliphatic hydroxyl groups excluding tert-OH is 2. The second kappa shape index (κ2) is 10.00. The second-order valence-electron chi connectivity index (χ2n) is 7.68. The van der Waals surface area contributed by atoms with Crippen LogP contribution in [0.25, 0.3) is 0 Å². The molecule has 27 heavy (non-hydrogen) atoms. The SMILES string of the molecule is Cc1ccc([C@@H](OC[C@H](O)C[NH+]2CCCC[C@@H]2CO)c2ccccc2)cc1. The Labute approximate surface area is 162 Å². The summed E-state index contributed by atoms with van der Waals surface area (Å²) in [5, 5.41) is 20.2. The summed E-state index contributed by atoms with van der Waals surface area (Å²) in [4.78, 5) is 1.30. The molecule has 4 atom stereocenters. The van der Waals surface area contributed by atoms with Gasteiger partial charge in [0, 0.05) is 6.42 Å². The fourth-order valence-corrected chi connectivity index (χ4v) is 3.96. The Balaban J connectivity index is 1.64. The van der Waals surface area contributed by atoms with Crippen LogP contribution in [0.5, 0.6) is 0 Å². The molecule has 2 aromatic carbocycles. The van der Waals surface area contributed by atoms with Gasteiger partial charge in [-0.3, -0.25) is 0 Å². The lowest BCUT2D eigenvalue weighted by Crippen LogP contribution is -3.18. The number of quaternary nitrogens is 1. The summed E-state index contributed by atoms with van der Waals surface area (Å²) in [5.74, 6) is 0. The van der Waals surface area contributed by atoms with E-state index >= 15 is 0 Å². The van der Waals surface area contributed by atoms with Gasteiger partial charge in [0.15, 0.2) is 0 Å². The van der Waals surface area contributed by atoms with Crippen molar-refractivity contribution in [2.24, 2.45) is 0 Å². The van der Waals surface area contributed by atoms with E-state index in [2.05, 4.69) is 43.3 Å². The Bertz CT molecular complexity index is 674. The lowest BCUT2D eigenvalue weighted by atomic mass is 10.0. The van der Waals surface area contributed by atoms with Crippen LogP contribution in [0.1, 0.15) is 42.1 Å². The van der Waals surface area contributed by atoms with Crippen LogP contribution in [0, 0.1) is 6.92 Å². The molecule has 1 fully saturated rings. The average molecular weight is 371 g/mol. The minimum Gasteiger partial charge on any atom is -0.390 e. The Hall–Kier alpha value is -1.72. The molecule has 146 valence electrons. The van der Waals surface area contributed by atoms with Crippen molar-refractivity contribution in [2.75, 3.05) is 26.3 Å². The third kappa shape index (κ3) is 5.63. The monoisotopic (exact) mass is 370 g/mol. The van der Waals surface area contributed by atoms with Crippen LogP contribution < -0.4 is 4.90 Å². The molecule has 1 aliphatic heterocycles. The van der Waals surface area contributed by atoms with E-state index in [9.17, 15) is 10.2 Å². The summed E-state index contributed by atoms with van der Waals surface area (Å²) >= 11 is 0. The molecule has 3 rings (SSSR count). The maximum atomic E-state index is 10.6. The largest absolute Gasteiger partial charge is 0.390 e. The van der Waals surface area contributed by atoms with Crippen molar-refractivity contribution in [2.45, 2.75) is 44.4 Å². The Morgan fingerprint density at radius 3 is 2.44 bits per heavy atom. The Kier molecular flexibility index (Phi) is 7.41. The van der Waals surface area contributed by atoms with Crippen LogP contribution in [0.3, 0.4) is 0 Å². The average Bonchev–Trinajstić information content (AvgIpc) is 2.70. The zero-order valence-electron chi connectivity index (χ0n) is 16.2. The molecule has 4 nitrogen and oxygen atoms in total. The maximum Gasteiger partial charge on any atom is 0.126 e. The quantitative estimate of drug-likeness (QED) is 0.665. The van der Waals surface area contributed by atoms with Gasteiger partial charge in [-0.1, -0.05) is 60.2 Å². The highest BCUT2D eigenvalue weighted by atomic mass is 16.5. The molecule has 2 aromatic rings. The topological polar surface area (TPSA) is 54.1 Å². The number of rotatable bonds is 8. The number of aliphatic hydroxyl groups is 2. The number of benzene rings is 2. The zero-order chi connectivity index (χ0) is 19.1. The predicted molar refractivity (Wildman–Crippen MR) is 107 cm³/mol. The smallest absolute Gasteiger partial charge is 0.126 e. The molecular weight excluding hydrogens is 338 g/mol.